The minimum atomic E-state index is -0.835. The zero-order chi connectivity index (χ0) is 9.30. The van der Waals surface area contributed by atoms with Gasteiger partial charge < -0.3 is 10.2 Å². The second kappa shape index (κ2) is 2.81. The van der Waals surface area contributed by atoms with Crippen LogP contribution in [0.2, 0.25) is 0 Å². The monoisotopic (exact) mass is 170 g/mol. The van der Waals surface area contributed by atoms with Gasteiger partial charge in [-0.3, -0.25) is 4.79 Å². The molecule has 0 amide bonds. The quantitative estimate of drug-likeness (QED) is 0.495. The number of hydrogen-bond donors (Lipinski definition) is 2. The molecule has 0 heterocycles. The smallest absolute Gasteiger partial charge is 0.171 e. The van der Waals surface area contributed by atoms with Crippen LogP contribution in [0.3, 0.4) is 0 Å². The Morgan fingerprint density at radius 2 is 2.00 bits per heavy atom. The van der Waals surface area contributed by atoms with E-state index in [0.29, 0.717) is 0 Å². The molecule has 0 fully saturated rings. The molecule has 0 aliphatic carbocycles. The molecule has 0 aromatic heterocycles. The van der Waals surface area contributed by atoms with E-state index in [9.17, 15) is 9.18 Å². The first-order chi connectivity index (χ1) is 5.54. The average Bonchev–Trinajstić information content (AvgIpc) is 1.97. The van der Waals surface area contributed by atoms with Gasteiger partial charge in [0.25, 0.3) is 0 Å². The van der Waals surface area contributed by atoms with Gasteiger partial charge >= 0.3 is 0 Å². The Labute approximate surface area is 68.1 Å². The van der Waals surface area contributed by atoms with Crippen LogP contribution in [0.4, 0.5) is 4.39 Å². The predicted octanol–water partition coefficient (Wildman–Crippen LogP) is 1.44. The van der Waals surface area contributed by atoms with E-state index in [0.717, 1.165) is 19.1 Å². The number of hydrogen-bond acceptors (Lipinski definition) is 3. The number of ketones is 1. The lowest BCUT2D eigenvalue weighted by Crippen LogP contribution is -1.97. The average molecular weight is 170 g/mol. The molecule has 64 valence electrons. The minimum Gasteiger partial charge on any atom is -0.504 e. The summed E-state index contributed by atoms with van der Waals surface area (Å²) < 4.78 is 12.8. The highest BCUT2D eigenvalue weighted by molar-refractivity contribution is 5.97. The summed E-state index contributed by atoms with van der Waals surface area (Å²) in [5, 5.41) is 17.9. The molecule has 0 saturated heterocycles. The molecule has 0 saturated carbocycles. The number of phenolic OH excluding ortho intramolecular Hbond substituents is 2. The zero-order valence-electron chi connectivity index (χ0n) is 6.34. The van der Waals surface area contributed by atoms with Gasteiger partial charge in [-0.1, -0.05) is 0 Å². The van der Waals surface area contributed by atoms with Gasteiger partial charge in [0, 0.05) is 0 Å². The van der Waals surface area contributed by atoms with Crippen molar-refractivity contribution in [3.8, 4) is 11.5 Å². The van der Waals surface area contributed by atoms with Crippen molar-refractivity contribution in [2.45, 2.75) is 6.92 Å². The number of carbonyl (C=O) groups is 1. The van der Waals surface area contributed by atoms with Crippen LogP contribution in [-0.4, -0.2) is 16.0 Å². The van der Waals surface area contributed by atoms with Gasteiger partial charge in [0.05, 0.1) is 5.56 Å². The van der Waals surface area contributed by atoms with Crippen molar-refractivity contribution in [3.05, 3.63) is 23.5 Å². The fourth-order valence-electron chi connectivity index (χ4n) is 0.890. The standard InChI is InChI=1S/C8H7FO3/c1-4(10)7-5(9)2-3-6(11)8(7)12/h2-3,11-12H,1H3. The van der Waals surface area contributed by atoms with Gasteiger partial charge in [-0.2, -0.15) is 0 Å². The summed E-state index contributed by atoms with van der Waals surface area (Å²) in [6, 6.07) is 1.91. The molecule has 3 nitrogen and oxygen atoms in total. The maximum absolute atomic E-state index is 12.8. The molecule has 1 aromatic carbocycles. The van der Waals surface area contributed by atoms with E-state index in [2.05, 4.69) is 0 Å². The van der Waals surface area contributed by atoms with Crippen molar-refractivity contribution in [2.24, 2.45) is 0 Å². The van der Waals surface area contributed by atoms with Crippen LogP contribution >= 0.6 is 0 Å². The molecule has 0 aliphatic heterocycles. The normalized spacial score (nSPS) is 9.83. The van der Waals surface area contributed by atoms with E-state index in [1.54, 1.807) is 0 Å². The van der Waals surface area contributed by atoms with E-state index >= 15 is 0 Å². The van der Waals surface area contributed by atoms with Gasteiger partial charge in [0.2, 0.25) is 0 Å². The van der Waals surface area contributed by atoms with Crippen molar-refractivity contribution in [2.75, 3.05) is 0 Å². The second-order valence-electron chi connectivity index (χ2n) is 2.35. The Kier molecular flexibility index (Phi) is 1.99. The SMILES string of the molecule is CC(=O)c1c(F)ccc(O)c1O. The third-order valence-electron chi connectivity index (χ3n) is 1.46. The Hall–Kier alpha value is -1.58. The molecule has 2 N–H and O–H groups in total. The molecule has 0 atom stereocenters. The highest BCUT2D eigenvalue weighted by atomic mass is 19.1. The van der Waals surface area contributed by atoms with Crippen LogP contribution in [0, 0.1) is 5.82 Å². The van der Waals surface area contributed by atoms with Gasteiger partial charge in [0.15, 0.2) is 17.3 Å². The number of benzene rings is 1. The van der Waals surface area contributed by atoms with Crippen LogP contribution < -0.4 is 0 Å². The third kappa shape index (κ3) is 1.23. The zero-order valence-corrected chi connectivity index (χ0v) is 6.34. The highest BCUT2D eigenvalue weighted by Gasteiger charge is 2.15. The minimum absolute atomic E-state index is 0.477. The molecule has 4 heteroatoms. The molecular weight excluding hydrogens is 163 g/mol. The van der Waals surface area contributed by atoms with Crippen molar-refractivity contribution >= 4 is 5.78 Å². The molecule has 0 unspecified atom stereocenters. The van der Waals surface area contributed by atoms with Crippen molar-refractivity contribution in [3.63, 3.8) is 0 Å². The van der Waals surface area contributed by atoms with Crippen LogP contribution in [0.1, 0.15) is 17.3 Å². The Morgan fingerprint density at radius 3 is 2.42 bits per heavy atom. The first kappa shape index (κ1) is 8.52. The molecular formula is C8H7FO3. The fraction of sp³-hybridized carbons (Fsp3) is 0.125. The summed E-state index contributed by atoms with van der Waals surface area (Å²) in [6.07, 6.45) is 0. The van der Waals surface area contributed by atoms with Crippen molar-refractivity contribution < 1.29 is 19.4 Å². The topological polar surface area (TPSA) is 57.5 Å². The summed E-state index contributed by atoms with van der Waals surface area (Å²) >= 11 is 0. The summed E-state index contributed by atoms with van der Waals surface area (Å²) in [4.78, 5) is 10.7. The van der Waals surface area contributed by atoms with Crippen LogP contribution in [0.5, 0.6) is 11.5 Å². The fourth-order valence-corrected chi connectivity index (χ4v) is 0.890. The van der Waals surface area contributed by atoms with E-state index in [1.807, 2.05) is 0 Å². The van der Waals surface area contributed by atoms with Crippen LogP contribution in [0.15, 0.2) is 12.1 Å². The number of Topliss-reactive ketones (excluding diaryl/α,β-unsaturated/α-hetero) is 1. The maximum Gasteiger partial charge on any atom is 0.171 e. The Bertz CT molecular complexity index is 333. The molecule has 0 radical (unpaired) electrons. The Balaban J connectivity index is 3.43. The van der Waals surface area contributed by atoms with Crippen LogP contribution in [0.25, 0.3) is 0 Å². The number of phenols is 2. The van der Waals surface area contributed by atoms with Crippen molar-refractivity contribution in [1.29, 1.82) is 0 Å². The Morgan fingerprint density at radius 1 is 1.42 bits per heavy atom. The summed E-state index contributed by atoms with van der Waals surface area (Å²) in [5.74, 6) is -2.66. The molecule has 0 spiro atoms. The second-order valence-corrected chi connectivity index (χ2v) is 2.35. The summed E-state index contributed by atoms with van der Waals surface area (Å²) in [7, 11) is 0. The lowest BCUT2D eigenvalue weighted by molar-refractivity contribution is 0.101. The summed E-state index contributed by atoms with van der Waals surface area (Å²) in [5.41, 5.74) is -0.477. The molecule has 0 bridgehead atoms. The lowest BCUT2D eigenvalue weighted by Gasteiger charge is -2.02. The first-order valence-corrected chi connectivity index (χ1v) is 3.25. The first-order valence-electron chi connectivity index (χ1n) is 3.25. The van der Waals surface area contributed by atoms with Gasteiger partial charge in [0.1, 0.15) is 5.82 Å². The number of aromatic hydroxyl groups is 2. The van der Waals surface area contributed by atoms with E-state index in [4.69, 9.17) is 10.2 Å². The number of rotatable bonds is 1. The lowest BCUT2D eigenvalue weighted by atomic mass is 10.1. The predicted molar refractivity (Wildman–Crippen MR) is 39.7 cm³/mol. The molecule has 12 heavy (non-hydrogen) atoms. The maximum atomic E-state index is 12.8. The van der Waals surface area contributed by atoms with E-state index in [-0.39, 0.29) is 0 Å². The summed E-state index contributed by atoms with van der Waals surface area (Å²) in [6.45, 7) is 1.11. The highest BCUT2D eigenvalue weighted by Crippen LogP contribution is 2.30. The number of halogens is 1. The molecule has 1 aromatic rings. The molecule has 0 aliphatic rings. The number of carbonyl (C=O) groups excluding carboxylic acids is 1. The van der Waals surface area contributed by atoms with E-state index < -0.39 is 28.7 Å². The van der Waals surface area contributed by atoms with Gasteiger partial charge in [-0.15, -0.1) is 0 Å². The largest absolute Gasteiger partial charge is 0.504 e. The van der Waals surface area contributed by atoms with E-state index in [1.165, 1.54) is 0 Å². The van der Waals surface area contributed by atoms with Crippen molar-refractivity contribution in [1.82, 2.24) is 0 Å². The third-order valence-corrected chi connectivity index (χ3v) is 1.46. The molecule has 1 rings (SSSR count). The van der Waals surface area contributed by atoms with Crippen LogP contribution in [-0.2, 0) is 0 Å². The van der Waals surface area contributed by atoms with Gasteiger partial charge in [-0.05, 0) is 19.1 Å². The van der Waals surface area contributed by atoms with Gasteiger partial charge in [-0.25, -0.2) is 4.39 Å².